The fourth-order valence-electron chi connectivity index (χ4n) is 3.04. The summed E-state index contributed by atoms with van der Waals surface area (Å²) in [7, 11) is 0. The molecule has 2 unspecified atom stereocenters. The largest absolute Gasteiger partial charge is 0.486 e. The highest BCUT2D eigenvalue weighted by Gasteiger charge is 2.28. The Morgan fingerprint density at radius 1 is 1.41 bits per heavy atom. The van der Waals surface area contributed by atoms with E-state index in [0.717, 1.165) is 30.4 Å². The van der Waals surface area contributed by atoms with Gasteiger partial charge in [0.15, 0.2) is 11.5 Å². The SMILES string of the molecule is CC(N)C1CCCN(C(=O)c2cc(Br)c3c(c2)OCCO3)C1. The minimum Gasteiger partial charge on any atom is -0.486 e. The van der Waals surface area contributed by atoms with Crippen molar-refractivity contribution in [2.75, 3.05) is 26.3 Å². The van der Waals surface area contributed by atoms with Gasteiger partial charge in [0, 0.05) is 24.7 Å². The fraction of sp³-hybridized carbons (Fsp3) is 0.562. The predicted octanol–water partition coefficient (Wildman–Crippen LogP) is 2.42. The summed E-state index contributed by atoms with van der Waals surface area (Å²) >= 11 is 3.46. The third kappa shape index (κ3) is 3.08. The molecule has 2 heterocycles. The molecule has 0 aromatic heterocycles. The predicted molar refractivity (Wildman–Crippen MR) is 87.4 cm³/mol. The highest BCUT2D eigenvalue weighted by molar-refractivity contribution is 9.10. The highest BCUT2D eigenvalue weighted by Crippen LogP contribution is 2.39. The Hall–Kier alpha value is -1.27. The number of nitrogens with zero attached hydrogens (tertiary/aromatic N) is 1. The van der Waals surface area contributed by atoms with Crippen molar-refractivity contribution in [2.24, 2.45) is 11.7 Å². The van der Waals surface area contributed by atoms with Gasteiger partial charge in [-0.1, -0.05) is 0 Å². The van der Waals surface area contributed by atoms with Crippen molar-refractivity contribution in [1.82, 2.24) is 4.90 Å². The number of fused-ring (bicyclic) bond motifs is 1. The van der Waals surface area contributed by atoms with E-state index < -0.39 is 0 Å². The van der Waals surface area contributed by atoms with Gasteiger partial charge in [-0.3, -0.25) is 4.79 Å². The number of hydrogen-bond donors (Lipinski definition) is 1. The van der Waals surface area contributed by atoms with Gasteiger partial charge in [0.1, 0.15) is 13.2 Å². The molecule has 6 heteroatoms. The third-order valence-corrected chi connectivity index (χ3v) is 4.92. The molecule has 2 aliphatic heterocycles. The van der Waals surface area contributed by atoms with E-state index >= 15 is 0 Å². The Labute approximate surface area is 138 Å². The van der Waals surface area contributed by atoms with Crippen LogP contribution in [-0.2, 0) is 0 Å². The maximum absolute atomic E-state index is 12.8. The number of amides is 1. The van der Waals surface area contributed by atoms with Crippen LogP contribution >= 0.6 is 15.9 Å². The molecule has 1 fully saturated rings. The second-order valence-electron chi connectivity index (χ2n) is 5.99. The standard InChI is InChI=1S/C16H21BrN2O3/c1-10(18)11-3-2-4-19(9-11)16(20)12-7-13(17)15-14(8-12)21-5-6-22-15/h7-8,10-11H,2-6,9,18H2,1H3. The number of benzene rings is 1. The second kappa shape index (κ2) is 6.46. The molecule has 2 aliphatic rings. The molecule has 2 atom stereocenters. The maximum Gasteiger partial charge on any atom is 0.254 e. The van der Waals surface area contributed by atoms with Crippen molar-refractivity contribution in [3.8, 4) is 11.5 Å². The molecule has 0 saturated carbocycles. The molecule has 1 aromatic rings. The summed E-state index contributed by atoms with van der Waals surface area (Å²) in [6.07, 6.45) is 2.09. The number of carbonyl (C=O) groups excluding carboxylic acids is 1. The van der Waals surface area contributed by atoms with Gasteiger partial charge in [-0.05, 0) is 53.7 Å². The fourth-order valence-corrected chi connectivity index (χ4v) is 3.60. The van der Waals surface area contributed by atoms with Crippen LogP contribution in [0.1, 0.15) is 30.1 Å². The Morgan fingerprint density at radius 2 is 2.18 bits per heavy atom. The van der Waals surface area contributed by atoms with Crippen LogP contribution in [0.4, 0.5) is 0 Å². The first-order chi connectivity index (χ1) is 10.6. The van der Waals surface area contributed by atoms with Crippen LogP contribution in [0.3, 0.4) is 0 Å². The third-order valence-electron chi connectivity index (χ3n) is 4.33. The molecule has 0 bridgehead atoms. The lowest BCUT2D eigenvalue weighted by atomic mass is 9.92. The normalized spacial score (nSPS) is 22.3. The summed E-state index contributed by atoms with van der Waals surface area (Å²) in [5.41, 5.74) is 6.63. The van der Waals surface area contributed by atoms with Crippen molar-refractivity contribution in [2.45, 2.75) is 25.8 Å². The van der Waals surface area contributed by atoms with Crippen molar-refractivity contribution in [3.63, 3.8) is 0 Å². The van der Waals surface area contributed by atoms with Crippen LogP contribution in [0.15, 0.2) is 16.6 Å². The van der Waals surface area contributed by atoms with Gasteiger partial charge in [-0.2, -0.15) is 0 Å². The number of nitrogens with two attached hydrogens (primary N) is 1. The average molecular weight is 369 g/mol. The molecule has 1 saturated heterocycles. The molecular formula is C16H21BrN2O3. The summed E-state index contributed by atoms with van der Waals surface area (Å²) in [6.45, 7) is 4.56. The second-order valence-corrected chi connectivity index (χ2v) is 6.85. The first-order valence-corrected chi connectivity index (χ1v) is 8.49. The summed E-state index contributed by atoms with van der Waals surface area (Å²) in [4.78, 5) is 14.7. The van der Waals surface area contributed by atoms with E-state index in [4.69, 9.17) is 15.2 Å². The Balaban J connectivity index is 1.81. The van der Waals surface area contributed by atoms with Crippen LogP contribution < -0.4 is 15.2 Å². The number of piperidine rings is 1. The molecule has 1 aromatic carbocycles. The summed E-state index contributed by atoms with van der Waals surface area (Å²) in [5, 5.41) is 0. The maximum atomic E-state index is 12.8. The zero-order valence-electron chi connectivity index (χ0n) is 12.7. The summed E-state index contributed by atoms with van der Waals surface area (Å²) in [5.74, 6) is 1.71. The molecule has 120 valence electrons. The smallest absolute Gasteiger partial charge is 0.254 e. The summed E-state index contributed by atoms with van der Waals surface area (Å²) in [6, 6.07) is 3.70. The molecule has 22 heavy (non-hydrogen) atoms. The molecular weight excluding hydrogens is 348 g/mol. The first kappa shape index (κ1) is 15.6. The number of ether oxygens (including phenoxy) is 2. The Morgan fingerprint density at radius 3 is 2.95 bits per heavy atom. The first-order valence-electron chi connectivity index (χ1n) is 7.70. The minimum atomic E-state index is 0.0306. The Kier molecular flexibility index (Phi) is 4.59. The van der Waals surface area contributed by atoms with Crippen molar-refractivity contribution in [1.29, 1.82) is 0 Å². The zero-order chi connectivity index (χ0) is 15.7. The molecule has 0 spiro atoms. The lowest BCUT2D eigenvalue weighted by molar-refractivity contribution is 0.0659. The number of halogens is 1. The monoisotopic (exact) mass is 368 g/mol. The van der Waals surface area contributed by atoms with E-state index in [1.807, 2.05) is 17.9 Å². The zero-order valence-corrected chi connectivity index (χ0v) is 14.3. The summed E-state index contributed by atoms with van der Waals surface area (Å²) < 4.78 is 11.9. The van der Waals surface area contributed by atoms with Crippen LogP contribution in [-0.4, -0.2) is 43.2 Å². The quantitative estimate of drug-likeness (QED) is 0.870. The van der Waals surface area contributed by atoms with E-state index in [1.54, 1.807) is 6.07 Å². The van der Waals surface area contributed by atoms with Crippen molar-refractivity contribution >= 4 is 21.8 Å². The number of hydrogen-bond acceptors (Lipinski definition) is 4. The van der Waals surface area contributed by atoms with Gasteiger partial charge in [-0.15, -0.1) is 0 Å². The van der Waals surface area contributed by atoms with Gasteiger partial charge in [0.2, 0.25) is 0 Å². The van der Waals surface area contributed by atoms with E-state index in [1.165, 1.54) is 0 Å². The minimum absolute atomic E-state index is 0.0306. The number of rotatable bonds is 2. The van der Waals surface area contributed by atoms with E-state index in [-0.39, 0.29) is 11.9 Å². The lowest BCUT2D eigenvalue weighted by Crippen LogP contribution is -2.45. The highest BCUT2D eigenvalue weighted by atomic mass is 79.9. The topological polar surface area (TPSA) is 64.8 Å². The van der Waals surface area contributed by atoms with Gasteiger partial charge in [0.25, 0.3) is 5.91 Å². The van der Waals surface area contributed by atoms with Gasteiger partial charge < -0.3 is 20.1 Å². The van der Waals surface area contributed by atoms with Crippen LogP contribution in [0.2, 0.25) is 0 Å². The van der Waals surface area contributed by atoms with Gasteiger partial charge in [0.05, 0.1) is 4.47 Å². The lowest BCUT2D eigenvalue weighted by Gasteiger charge is -2.35. The van der Waals surface area contributed by atoms with E-state index in [0.29, 0.717) is 36.2 Å². The van der Waals surface area contributed by atoms with Crippen LogP contribution in [0.5, 0.6) is 11.5 Å². The van der Waals surface area contributed by atoms with Gasteiger partial charge >= 0.3 is 0 Å². The van der Waals surface area contributed by atoms with E-state index in [9.17, 15) is 4.79 Å². The molecule has 0 aliphatic carbocycles. The van der Waals surface area contributed by atoms with Gasteiger partial charge in [-0.25, -0.2) is 0 Å². The van der Waals surface area contributed by atoms with Crippen LogP contribution in [0, 0.1) is 5.92 Å². The van der Waals surface area contributed by atoms with E-state index in [2.05, 4.69) is 15.9 Å². The molecule has 2 N–H and O–H groups in total. The van der Waals surface area contributed by atoms with Crippen LogP contribution in [0.25, 0.3) is 0 Å². The molecule has 5 nitrogen and oxygen atoms in total. The number of carbonyl (C=O) groups is 1. The molecule has 0 radical (unpaired) electrons. The Bertz CT molecular complexity index is 577. The molecule has 3 rings (SSSR count). The number of likely N-dealkylation sites (tertiary alicyclic amines) is 1. The van der Waals surface area contributed by atoms with Crippen molar-refractivity contribution in [3.05, 3.63) is 22.2 Å². The van der Waals surface area contributed by atoms with Crippen molar-refractivity contribution < 1.29 is 14.3 Å². The average Bonchev–Trinajstić information content (AvgIpc) is 2.54. The molecule has 1 amide bonds.